The lowest BCUT2D eigenvalue weighted by Gasteiger charge is -2.14. The van der Waals surface area contributed by atoms with E-state index in [1.54, 1.807) is 6.92 Å². The van der Waals surface area contributed by atoms with Gasteiger partial charge in [-0.3, -0.25) is 14.5 Å². The zero-order valence-electron chi connectivity index (χ0n) is 11.1. The third-order valence-corrected chi connectivity index (χ3v) is 4.40. The Bertz CT molecular complexity index is 589. The van der Waals surface area contributed by atoms with Crippen LogP contribution in [0.25, 0.3) is 0 Å². The fraction of sp³-hybridized carbons (Fsp3) is 0.385. The van der Waals surface area contributed by atoms with Gasteiger partial charge in [0, 0.05) is 23.5 Å². The fourth-order valence-corrected chi connectivity index (χ4v) is 3.16. The molecular weight excluding hydrogens is 305 g/mol. The molecule has 114 valence electrons. The number of nitrogen functional groups attached to an aromatic ring is 1. The van der Waals surface area contributed by atoms with Gasteiger partial charge in [0.1, 0.15) is 0 Å². The number of thioether (sulfide) groups is 1. The first-order valence-corrected chi connectivity index (χ1v) is 7.09. The van der Waals surface area contributed by atoms with Crippen LogP contribution in [0, 0.1) is 0 Å². The molecule has 21 heavy (non-hydrogen) atoms. The van der Waals surface area contributed by atoms with E-state index in [-0.39, 0.29) is 30.5 Å². The molecule has 2 N–H and O–H groups in total. The quantitative estimate of drug-likeness (QED) is 0.687. The van der Waals surface area contributed by atoms with E-state index in [0.717, 1.165) is 28.8 Å². The van der Waals surface area contributed by atoms with Gasteiger partial charge in [0.05, 0.1) is 10.8 Å². The molecule has 1 atom stereocenters. The van der Waals surface area contributed by atoms with E-state index >= 15 is 0 Å². The van der Waals surface area contributed by atoms with Crippen LogP contribution in [0.5, 0.6) is 0 Å². The van der Waals surface area contributed by atoms with Gasteiger partial charge in [-0.1, -0.05) is 0 Å². The molecule has 0 saturated carbocycles. The minimum atomic E-state index is -4.46. The highest BCUT2D eigenvalue weighted by molar-refractivity contribution is 8.00. The van der Waals surface area contributed by atoms with Crippen molar-refractivity contribution in [2.45, 2.75) is 29.7 Å². The lowest BCUT2D eigenvalue weighted by molar-refractivity contribution is -0.138. The monoisotopic (exact) mass is 318 g/mol. The molecule has 2 amide bonds. The van der Waals surface area contributed by atoms with Gasteiger partial charge < -0.3 is 5.73 Å². The van der Waals surface area contributed by atoms with Crippen LogP contribution in [-0.4, -0.2) is 28.5 Å². The number of amides is 2. The van der Waals surface area contributed by atoms with Crippen LogP contribution < -0.4 is 5.73 Å². The van der Waals surface area contributed by atoms with Gasteiger partial charge in [0.15, 0.2) is 0 Å². The Hall–Kier alpha value is -1.70. The van der Waals surface area contributed by atoms with Crippen molar-refractivity contribution in [2.75, 3.05) is 12.3 Å². The molecule has 0 spiro atoms. The second kappa shape index (κ2) is 5.59. The maximum atomic E-state index is 12.5. The summed E-state index contributed by atoms with van der Waals surface area (Å²) in [5.41, 5.74) is 4.72. The van der Waals surface area contributed by atoms with Crippen molar-refractivity contribution in [1.82, 2.24) is 4.90 Å². The van der Waals surface area contributed by atoms with E-state index in [0.29, 0.717) is 4.90 Å². The topological polar surface area (TPSA) is 63.4 Å². The highest BCUT2D eigenvalue weighted by Gasteiger charge is 2.38. The van der Waals surface area contributed by atoms with Crippen LogP contribution in [0.4, 0.5) is 18.9 Å². The molecule has 1 fully saturated rings. The zero-order chi connectivity index (χ0) is 15.8. The second-order valence-corrected chi connectivity index (χ2v) is 5.78. The van der Waals surface area contributed by atoms with Crippen LogP contribution in [0.3, 0.4) is 0 Å². The Morgan fingerprint density at radius 3 is 2.52 bits per heavy atom. The first kappa shape index (κ1) is 15.7. The lowest BCUT2D eigenvalue weighted by Crippen LogP contribution is -2.30. The van der Waals surface area contributed by atoms with E-state index in [4.69, 9.17) is 5.73 Å². The van der Waals surface area contributed by atoms with E-state index < -0.39 is 17.0 Å². The minimum absolute atomic E-state index is 0.0395. The summed E-state index contributed by atoms with van der Waals surface area (Å²) in [4.78, 5) is 25.1. The molecule has 1 saturated heterocycles. The predicted octanol–water partition coefficient (Wildman–Crippen LogP) is 2.53. The number of imide groups is 1. The molecule has 0 radical (unpaired) electrons. The Kier molecular flexibility index (Phi) is 4.18. The van der Waals surface area contributed by atoms with E-state index in [2.05, 4.69) is 0 Å². The largest absolute Gasteiger partial charge is 0.416 e. The predicted molar refractivity (Wildman–Crippen MR) is 72.5 cm³/mol. The second-order valence-electron chi connectivity index (χ2n) is 4.54. The number of hydrogen-bond donors (Lipinski definition) is 1. The van der Waals surface area contributed by atoms with Crippen molar-refractivity contribution < 1.29 is 22.8 Å². The summed E-state index contributed by atoms with van der Waals surface area (Å²) in [6, 6.07) is 2.98. The van der Waals surface area contributed by atoms with Gasteiger partial charge in [-0.05, 0) is 25.1 Å². The van der Waals surface area contributed by atoms with Crippen LogP contribution in [-0.2, 0) is 15.8 Å². The van der Waals surface area contributed by atoms with Gasteiger partial charge in [-0.25, -0.2) is 0 Å². The number of hydrogen-bond acceptors (Lipinski definition) is 4. The number of alkyl halides is 3. The van der Waals surface area contributed by atoms with Gasteiger partial charge in [0.2, 0.25) is 11.8 Å². The zero-order valence-corrected chi connectivity index (χ0v) is 11.9. The summed E-state index contributed by atoms with van der Waals surface area (Å²) < 4.78 is 37.6. The van der Waals surface area contributed by atoms with Gasteiger partial charge in [0.25, 0.3) is 0 Å². The van der Waals surface area contributed by atoms with Crippen molar-refractivity contribution in [3.8, 4) is 0 Å². The molecule has 1 heterocycles. The molecule has 1 aromatic rings. The maximum Gasteiger partial charge on any atom is 0.416 e. The highest BCUT2D eigenvalue weighted by Crippen LogP contribution is 2.38. The van der Waals surface area contributed by atoms with E-state index in [1.807, 2.05) is 0 Å². The van der Waals surface area contributed by atoms with Crippen molar-refractivity contribution in [3.05, 3.63) is 23.8 Å². The lowest BCUT2D eigenvalue weighted by atomic mass is 10.2. The number of nitrogens with two attached hydrogens (primary N) is 1. The van der Waals surface area contributed by atoms with Crippen LogP contribution in [0.1, 0.15) is 18.9 Å². The summed E-state index contributed by atoms with van der Waals surface area (Å²) in [5, 5.41) is -0.628. The molecule has 1 aliphatic rings. The number of benzene rings is 1. The molecule has 1 unspecified atom stereocenters. The SMILES string of the molecule is CCN1C(=O)CC(Sc2ccc(C(F)(F)F)cc2N)C1=O. The number of halogens is 3. The van der Waals surface area contributed by atoms with Crippen molar-refractivity contribution >= 4 is 29.3 Å². The third kappa shape index (κ3) is 3.15. The summed E-state index contributed by atoms with van der Waals surface area (Å²) in [6.07, 6.45) is -4.42. The fourth-order valence-electron chi connectivity index (χ4n) is 2.06. The van der Waals surface area contributed by atoms with Crippen LogP contribution in [0.15, 0.2) is 23.1 Å². The first-order valence-electron chi connectivity index (χ1n) is 6.21. The normalized spacial score (nSPS) is 19.4. The van der Waals surface area contributed by atoms with E-state index in [1.165, 1.54) is 6.07 Å². The molecule has 0 aromatic heterocycles. The van der Waals surface area contributed by atoms with Gasteiger partial charge >= 0.3 is 6.18 Å². The number of likely N-dealkylation sites (tertiary alicyclic amines) is 1. The number of nitrogens with zero attached hydrogens (tertiary/aromatic N) is 1. The van der Waals surface area contributed by atoms with Crippen LogP contribution >= 0.6 is 11.8 Å². The molecular formula is C13H13F3N2O2S. The summed E-state index contributed by atoms with van der Waals surface area (Å²) in [5.74, 6) is -0.600. The maximum absolute atomic E-state index is 12.5. The molecule has 4 nitrogen and oxygen atoms in total. The Labute approximate surface area is 123 Å². The molecule has 2 rings (SSSR count). The van der Waals surface area contributed by atoms with E-state index in [9.17, 15) is 22.8 Å². The van der Waals surface area contributed by atoms with Crippen molar-refractivity contribution in [2.24, 2.45) is 0 Å². The molecule has 0 aliphatic carbocycles. The smallest absolute Gasteiger partial charge is 0.398 e. The summed E-state index contributed by atoms with van der Waals surface area (Å²) in [7, 11) is 0. The minimum Gasteiger partial charge on any atom is -0.398 e. The van der Waals surface area contributed by atoms with Crippen molar-refractivity contribution in [1.29, 1.82) is 0 Å². The average Bonchev–Trinajstić information content (AvgIpc) is 2.65. The Balaban J connectivity index is 2.18. The molecule has 8 heteroatoms. The standard InChI is InChI=1S/C13H13F3N2O2S/c1-2-18-11(19)6-10(12(18)20)21-9-4-3-7(5-8(9)17)13(14,15)16/h3-5,10H,2,6,17H2,1H3. The van der Waals surface area contributed by atoms with Gasteiger partial charge in [-0.15, -0.1) is 11.8 Å². The van der Waals surface area contributed by atoms with Gasteiger partial charge in [-0.2, -0.15) is 13.2 Å². The number of carbonyl (C=O) groups excluding carboxylic acids is 2. The molecule has 1 aliphatic heterocycles. The number of anilines is 1. The number of rotatable bonds is 3. The summed E-state index contributed by atoms with van der Waals surface area (Å²) in [6.45, 7) is 1.98. The van der Waals surface area contributed by atoms with Crippen LogP contribution in [0.2, 0.25) is 0 Å². The Morgan fingerprint density at radius 1 is 1.38 bits per heavy atom. The molecule has 0 bridgehead atoms. The number of carbonyl (C=O) groups is 2. The average molecular weight is 318 g/mol. The highest BCUT2D eigenvalue weighted by atomic mass is 32.2. The summed E-state index contributed by atoms with van der Waals surface area (Å²) >= 11 is 1.02. The first-order chi connectivity index (χ1) is 9.74. The molecule has 1 aromatic carbocycles. The Morgan fingerprint density at radius 2 is 2.05 bits per heavy atom. The van der Waals surface area contributed by atoms with Crippen molar-refractivity contribution in [3.63, 3.8) is 0 Å². The third-order valence-electron chi connectivity index (χ3n) is 3.13.